The molecule has 1 atom stereocenters. The van der Waals surface area contributed by atoms with Gasteiger partial charge in [-0.25, -0.2) is 4.98 Å². The van der Waals surface area contributed by atoms with E-state index in [1.807, 2.05) is 54.0 Å². The lowest BCUT2D eigenvalue weighted by molar-refractivity contribution is 0.882. The first-order valence-electron chi connectivity index (χ1n) is 6.15. The highest BCUT2D eigenvalue weighted by Crippen LogP contribution is 2.32. The SMILES string of the molecule is CC(Cl)c1nc2cccc(Cl)c2n1-c1ccc(Cl)cc1. The molecule has 0 amide bonds. The summed E-state index contributed by atoms with van der Waals surface area (Å²) in [6.07, 6.45) is 0. The molecule has 5 heteroatoms. The number of hydrogen-bond acceptors (Lipinski definition) is 1. The van der Waals surface area contributed by atoms with E-state index in [0.29, 0.717) is 10.0 Å². The van der Waals surface area contributed by atoms with E-state index in [1.165, 1.54) is 0 Å². The highest BCUT2D eigenvalue weighted by molar-refractivity contribution is 6.35. The van der Waals surface area contributed by atoms with Gasteiger partial charge in [-0.3, -0.25) is 4.57 Å². The van der Waals surface area contributed by atoms with Crippen LogP contribution in [0, 0.1) is 0 Å². The molecule has 0 N–H and O–H groups in total. The van der Waals surface area contributed by atoms with Crippen LogP contribution in [0.1, 0.15) is 18.1 Å². The number of alkyl halides is 1. The van der Waals surface area contributed by atoms with Crippen LogP contribution in [0.5, 0.6) is 0 Å². The number of para-hydroxylation sites is 1. The molecule has 0 aliphatic rings. The highest BCUT2D eigenvalue weighted by Gasteiger charge is 2.18. The van der Waals surface area contributed by atoms with E-state index in [9.17, 15) is 0 Å². The highest BCUT2D eigenvalue weighted by atomic mass is 35.5. The summed E-state index contributed by atoms with van der Waals surface area (Å²) in [7, 11) is 0. The summed E-state index contributed by atoms with van der Waals surface area (Å²) < 4.78 is 1.98. The zero-order chi connectivity index (χ0) is 14.3. The largest absolute Gasteiger partial charge is 0.294 e. The predicted octanol–water partition coefficient (Wildman–Crippen LogP) is 5.63. The van der Waals surface area contributed by atoms with Gasteiger partial charge in [0.05, 0.1) is 21.4 Å². The van der Waals surface area contributed by atoms with Crippen molar-refractivity contribution >= 4 is 45.8 Å². The number of rotatable bonds is 2. The maximum Gasteiger partial charge on any atom is 0.132 e. The number of nitrogens with zero attached hydrogens (tertiary/aromatic N) is 2. The van der Waals surface area contributed by atoms with Crippen molar-refractivity contribution < 1.29 is 0 Å². The minimum absolute atomic E-state index is 0.228. The molecule has 2 aromatic carbocycles. The van der Waals surface area contributed by atoms with Gasteiger partial charge in [-0.2, -0.15) is 0 Å². The van der Waals surface area contributed by atoms with Crippen LogP contribution in [-0.4, -0.2) is 9.55 Å². The molecule has 0 fully saturated rings. The lowest BCUT2D eigenvalue weighted by atomic mass is 10.2. The Morgan fingerprint density at radius 1 is 1.05 bits per heavy atom. The number of hydrogen-bond donors (Lipinski definition) is 0. The standard InChI is InChI=1S/C15H11Cl3N2/c1-9(16)15-19-13-4-2-3-12(18)14(13)20(15)11-7-5-10(17)6-8-11/h2-9H,1H3. The second-order valence-electron chi connectivity index (χ2n) is 4.51. The quantitative estimate of drug-likeness (QED) is 0.558. The van der Waals surface area contributed by atoms with Crippen molar-refractivity contribution in [3.05, 3.63) is 58.3 Å². The zero-order valence-electron chi connectivity index (χ0n) is 10.6. The van der Waals surface area contributed by atoms with Gasteiger partial charge in [-0.15, -0.1) is 11.6 Å². The lowest BCUT2D eigenvalue weighted by Gasteiger charge is -2.11. The molecule has 1 aromatic heterocycles. The number of benzene rings is 2. The number of halogens is 3. The van der Waals surface area contributed by atoms with E-state index in [4.69, 9.17) is 34.8 Å². The third kappa shape index (κ3) is 2.28. The third-order valence-electron chi connectivity index (χ3n) is 3.09. The Bertz CT molecular complexity index is 761. The van der Waals surface area contributed by atoms with Crippen molar-refractivity contribution in [2.24, 2.45) is 0 Å². The van der Waals surface area contributed by atoms with Crippen LogP contribution in [0.3, 0.4) is 0 Å². The van der Waals surface area contributed by atoms with Gasteiger partial charge in [0.25, 0.3) is 0 Å². The van der Waals surface area contributed by atoms with E-state index < -0.39 is 0 Å². The number of fused-ring (bicyclic) bond motifs is 1. The molecule has 20 heavy (non-hydrogen) atoms. The van der Waals surface area contributed by atoms with Crippen LogP contribution in [-0.2, 0) is 0 Å². The Labute approximate surface area is 131 Å². The Balaban J connectivity index is 2.36. The normalized spacial score (nSPS) is 12.8. The van der Waals surface area contributed by atoms with Gasteiger partial charge in [0.2, 0.25) is 0 Å². The maximum absolute atomic E-state index is 6.33. The Morgan fingerprint density at radius 3 is 2.40 bits per heavy atom. The first-order chi connectivity index (χ1) is 9.58. The van der Waals surface area contributed by atoms with Crippen LogP contribution >= 0.6 is 34.8 Å². The van der Waals surface area contributed by atoms with Crippen molar-refractivity contribution in [2.75, 3.05) is 0 Å². The maximum atomic E-state index is 6.33. The molecule has 1 heterocycles. The van der Waals surface area contributed by atoms with Crippen LogP contribution in [0.15, 0.2) is 42.5 Å². The summed E-state index contributed by atoms with van der Waals surface area (Å²) in [6.45, 7) is 1.89. The lowest BCUT2D eigenvalue weighted by Crippen LogP contribution is -2.01. The fourth-order valence-corrected chi connectivity index (χ4v) is 2.75. The first-order valence-corrected chi connectivity index (χ1v) is 7.34. The number of imidazole rings is 1. The van der Waals surface area contributed by atoms with Gasteiger partial charge in [0, 0.05) is 10.7 Å². The fraction of sp³-hybridized carbons (Fsp3) is 0.133. The van der Waals surface area contributed by atoms with Crippen LogP contribution < -0.4 is 0 Å². The molecule has 102 valence electrons. The second kappa shape index (κ2) is 5.28. The van der Waals surface area contributed by atoms with Crippen LogP contribution in [0.4, 0.5) is 0 Å². The van der Waals surface area contributed by atoms with Gasteiger partial charge >= 0.3 is 0 Å². The van der Waals surface area contributed by atoms with Crippen molar-refractivity contribution in [1.82, 2.24) is 9.55 Å². The molecule has 0 spiro atoms. The van der Waals surface area contributed by atoms with Crippen molar-refractivity contribution in [3.63, 3.8) is 0 Å². The summed E-state index contributed by atoms with van der Waals surface area (Å²) in [6, 6.07) is 13.2. The van der Waals surface area contributed by atoms with Crippen LogP contribution in [0.25, 0.3) is 16.7 Å². The fourth-order valence-electron chi connectivity index (χ4n) is 2.22. The molecular formula is C15H11Cl3N2. The van der Waals surface area contributed by atoms with Gasteiger partial charge in [0.15, 0.2) is 0 Å². The zero-order valence-corrected chi connectivity index (χ0v) is 12.9. The molecular weight excluding hydrogens is 315 g/mol. The van der Waals surface area contributed by atoms with E-state index in [2.05, 4.69) is 4.98 Å². The average Bonchev–Trinajstić information content (AvgIpc) is 2.81. The first kappa shape index (κ1) is 13.7. The van der Waals surface area contributed by atoms with E-state index in [0.717, 1.165) is 22.5 Å². The van der Waals surface area contributed by atoms with Crippen molar-refractivity contribution in [2.45, 2.75) is 12.3 Å². The Hall–Kier alpha value is -1.22. The predicted molar refractivity (Wildman–Crippen MR) is 85.4 cm³/mol. The molecule has 1 unspecified atom stereocenters. The molecule has 0 aliphatic carbocycles. The molecule has 0 saturated heterocycles. The Kier molecular flexibility index (Phi) is 3.63. The van der Waals surface area contributed by atoms with Gasteiger partial charge < -0.3 is 0 Å². The van der Waals surface area contributed by atoms with Gasteiger partial charge in [-0.1, -0.05) is 29.3 Å². The van der Waals surface area contributed by atoms with Gasteiger partial charge in [-0.05, 0) is 43.3 Å². The topological polar surface area (TPSA) is 17.8 Å². The van der Waals surface area contributed by atoms with Crippen molar-refractivity contribution in [1.29, 1.82) is 0 Å². The molecule has 0 saturated carbocycles. The minimum atomic E-state index is -0.228. The molecule has 3 aromatic rings. The minimum Gasteiger partial charge on any atom is -0.294 e. The second-order valence-corrected chi connectivity index (χ2v) is 6.00. The van der Waals surface area contributed by atoms with Crippen LogP contribution in [0.2, 0.25) is 10.0 Å². The summed E-state index contributed by atoms with van der Waals surface area (Å²) in [5.41, 5.74) is 2.63. The monoisotopic (exact) mass is 324 g/mol. The summed E-state index contributed by atoms with van der Waals surface area (Å²) >= 11 is 18.5. The molecule has 0 radical (unpaired) electrons. The average molecular weight is 326 g/mol. The third-order valence-corrected chi connectivity index (χ3v) is 3.85. The van der Waals surface area contributed by atoms with E-state index in [-0.39, 0.29) is 5.38 Å². The number of aromatic nitrogens is 2. The summed E-state index contributed by atoms with van der Waals surface area (Å²) in [5.74, 6) is 0.761. The van der Waals surface area contributed by atoms with E-state index >= 15 is 0 Å². The van der Waals surface area contributed by atoms with E-state index in [1.54, 1.807) is 0 Å². The Morgan fingerprint density at radius 2 is 1.75 bits per heavy atom. The molecule has 0 aliphatic heterocycles. The molecule has 3 rings (SSSR count). The summed E-state index contributed by atoms with van der Waals surface area (Å²) in [4.78, 5) is 4.59. The summed E-state index contributed by atoms with van der Waals surface area (Å²) in [5, 5.41) is 1.10. The van der Waals surface area contributed by atoms with Gasteiger partial charge in [0.1, 0.15) is 5.82 Å². The smallest absolute Gasteiger partial charge is 0.132 e. The molecule has 0 bridgehead atoms. The van der Waals surface area contributed by atoms with Crippen molar-refractivity contribution in [3.8, 4) is 5.69 Å². The molecule has 2 nitrogen and oxygen atoms in total.